The highest BCUT2D eigenvalue weighted by molar-refractivity contribution is 7.09. The molecule has 0 atom stereocenters. The fraction of sp³-hybridized carbons (Fsp3) is 0.0769. The van der Waals surface area contributed by atoms with Crippen LogP contribution in [0.15, 0.2) is 63.1 Å². The smallest absolute Gasteiger partial charge is 0.181 e. The van der Waals surface area contributed by atoms with Gasteiger partial charge in [0.1, 0.15) is 11.6 Å². The zero-order valence-electron chi connectivity index (χ0n) is 9.93. The van der Waals surface area contributed by atoms with E-state index in [1.165, 1.54) is 6.39 Å². The van der Waals surface area contributed by atoms with Crippen LogP contribution in [0, 0.1) is 0 Å². The zero-order valence-corrected chi connectivity index (χ0v) is 10.7. The second-order valence-corrected chi connectivity index (χ2v) is 4.72. The van der Waals surface area contributed by atoms with E-state index in [1.807, 2.05) is 29.6 Å². The molecule has 0 amide bonds. The van der Waals surface area contributed by atoms with Gasteiger partial charge in [0.05, 0.1) is 11.9 Å². The molecule has 0 aliphatic carbocycles. The first-order chi connectivity index (χ1) is 9.42. The van der Waals surface area contributed by atoms with Crippen LogP contribution in [0.4, 0.5) is 5.69 Å². The number of nitrogens with zero attached hydrogens (tertiary/aromatic N) is 4. The highest BCUT2D eigenvalue weighted by Gasteiger charge is 2.00. The van der Waals surface area contributed by atoms with Gasteiger partial charge in [-0.15, -0.1) is 11.3 Å². The predicted octanol–water partition coefficient (Wildman–Crippen LogP) is 4.08. The topological polar surface area (TPSA) is 63.6 Å². The fourth-order valence-corrected chi connectivity index (χ4v) is 2.09. The maximum atomic E-state index is 5.22. The van der Waals surface area contributed by atoms with E-state index >= 15 is 0 Å². The van der Waals surface area contributed by atoms with Crippen molar-refractivity contribution in [1.29, 1.82) is 0 Å². The van der Waals surface area contributed by atoms with E-state index < -0.39 is 0 Å². The summed E-state index contributed by atoms with van der Waals surface area (Å²) in [6, 6.07) is 7.64. The van der Waals surface area contributed by atoms with Crippen LogP contribution >= 0.6 is 11.3 Å². The van der Waals surface area contributed by atoms with Crippen molar-refractivity contribution >= 4 is 17.0 Å². The maximum Gasteiger partial charge on any atom is 0.181 e. The lowest BCUT2D eigenvalue weighted by Crippen LogP contribution is -1.76. The molecular weight excluding hydrogens is 260 g/mol. The Kier molecular flexibility index (Phi) is 3.42. The molecule has 3 aromatic rings. The lowest BCUT2D eigenvalue weighted by atomic mass is 10.2. The molecule has 0 bridgehead atoms. The average Bonchev–Trinajstić information content (AvgIpc) is 3.13. The zero-order chi connectivity index (χ0) is 12.9. The van der Waals surface area contributed by atoms with Crippen LogP contribution in [0.3, 0.4) is 0 Å². The van der Waals surface area contributed by atoms with E-state index in [1.54, 1.807) is 23.7 Å². The minimum atomic E-state index is 0.515. The Balaban J connectivity index is 1.67. The third-order valence-corrected chi connectivity index (χ3v) is 3.22. The molecule has 2 heterocycles. The molecule has 0 aliphatic heterocycles. The summed E-state index contributed by atoms with van der Waals surface area (Å²) in [6.07, 6.45) is 4.86. The molecule has 0 radical (unpaired) electrons. The summed E-state index contributed by atoms with van der Waals surface area (Å²) in [6.45, 7) is 0.515. The van der Waals surface area contributed by atoms with Gasteiger partial charge in [-0.05, 0) is 24.3 Å². The molecule has 3 rings (SSSR count). The number of hydrogen-bond acceptors (Lipinski definition) is 6. The molecule has 94 valence electrons. The summed E-state index contributed by atoms with van der Waals surface area (Å²) in [5.41, 5.74) is 1.77. The fourth-order valence-electron chi connectivity index (χ4n) is 1.56. The van der Waals surface area contributed by atoms with Crippen molar-refractivity contribution in [2.45, 2.75) is 6.54 Å². The summed E-state index contributed by atoms with van der Waals surface area (Å²) < 4.78 is 5.22. The van der Waals surface area contributed by atoms with E-state index in [2.05, 4.69) is 20.2 Å². The summed E-state index contributed by atoms with van der Waals surface area (Å²) in [5.74, 6) is 0.742. The van der Waals surface area contributed by atoms with Crippen molar-refractivity contribution in [3.05, 3.63) is 53.4 Å². The Hall–Kier alpha value is -2.34. The number of benzene rings is 1. The second kappa shape index (κ2) is 5.53. The number of hydrogen-bond donors (Lipinski definition) is 0. The number of oxazole rings is 1. The highest BCUT2D eigenvalue weighted by Crippen LogP contribution is 2.22. The molecule has 0 fully saturated rings. The number of azo groups is 1. The summed E-state index contributed by atoms with van der Waals surface area (Å²) >= 11 is 1.57. The molecule has 0 unspecified atom stereocenters. The van der Waals surface area contributed by atoms with Gasteiger partial charge in [-0.25, -0.2) is 9.97 Å². The van der Waals surface area contributed by atoms with Gasteiger partial charge in [-0.2, -0.15) is 10.2 Å². The van der Waals surface area contributed by atoms with Crippen molar-refractivity contribution in [3.8, 4) is 11.3 Å². The standard InChI is InChI=1S/C13H10N4OS/c1-3-11(17-16-8-13-15-5-6-19-13)4-2-10(1)12-7-14-9-18-12/h1-7,9H,8H2. The lowest BCUT2D eigenvalue weighted by Gasteiger charge is -1.96. The normalized spacial score (nSPS) is 11.2. The monoisotopic (exact) mass is 270 g/mol. The molecule has 1 aromatic carbocycles. The van der Waals surface area contributed by atoms with Gasteiger partial charge in [0.2, 0.25) is 0 Å². The Labute approximate surface area is 113 Å². The first-order valence-electron chi connectivity index (χ1n) is 5.66. The van der Waals surface area contributed by atoms with Gasteiger partial charge in [0, 0.05) is 17.1 Å². The van der Waals surface area contributed by atoms with Crippen molar-refractivity contribution in [2.75, 3.05) is 0 Å². The Bertz CT molecular complexity index is 645. The van der Waals surface area contributed by atoms with Crippen LogP contribution < -0.4 is 0 Å². The average molecular weight is 270 g/mol. The van der Waals surface area contributed by atoms with E-state index in [-0.39, 0.29) is 0 Å². The molecule has 0 saturated carbocycles. The Morgan fingerprint density at radius 1 is 1.21 bits per heavy atom. The third-order valence-electron chi connectivity index (χ3n) is 2.46. The minimum absolute atomic E-state index is 0.515. The summed E-state index contributed by atoms with van der Waals surface area (Å²) in [7, 11) is 0. The number of thiazole rings is 1. The largest absolute Gasteiger partial charge is 0.444 e. The third kappa shape index (κ3) is 2.92. The van der Waals surface area contributed by atoms with E-state index in [0.29, 0.717) is 6.54 Å². The number of aromatic nitrogens is 2. The quantitative estimate of drug-likeness (QED) is 0.671. The molecule has 19 heavy (non-hydrogen) atoms. The SMILES string of the molecule is c1csc(CN=Nc2ccc(-c3cnco3)cc2)n1. The van der Waals surface area contributed by atoms with Crippen molar-refractivity contribution < 1.29 is 4.42 Å². The van der Waals surface area contributed by atoms with Crippen molar-refractivity contribution in [2.24, 2.45) is 10.2 Å². The molecule has 0 N–H and O–H groups in total. The first kappa shape index (κ1) is 11.7. The minimum Gasteiger partial charge on any atom is -0.444 e. The molecule has 6 heteroatoms. The van der Waals surface area contributed by atoms with E-state index in [9.17, 15) is 0 Å². The maximum absolute atomic E-state index is 5.22. The van der Waals surface area contributed by atoms with Gasteiger partial charge in [0.25, 0.3) is 0 Å². The Morgan fingerprint density at radius 3 is 2.79 bits per heavy atom. The van der Waals surface area contributed by atoms with Crippen LogP contribution in [0.25, 0.3) is 11.3 Å². The van der Waals surface area contributed by atoms with Gasteiger partial charge in [-0.1, -0.05) is 0 Å². The van der Waals surface area contributed by atoms with Crippen LogP contribution in [0.2, 0.25) is 0 Å². The van der Waals surface area contributed by atoms with Crippen molar-refractivity contribution in [1.82, 2.24) is 9.97 Å². The summed E-state index contributed by atoms with van der Waals surface area (Å²) in [5, 5.41) is 11.2. The Morgan fingerprint density at radius 2 is 2.11 bits per heavy atom. The van der Waals surface area contributed by atoms with Crippen LogP contribution in [0.5, 0.6) is 0 Å². The van der Waals surface area contributed by atoms with Gasteiger partial charge < -0.3 is 4.42 Å². The van der Waals surface area contributed by atoms with E-state index in [4.69, 9.17) is 4.42 Å². The first-order valence-corrected chi connectivity index (χ1v) is 6.54. The number of rotatable bonds is 4. The van der Waals surface area contributed by atoms with Gasteiger partial charge in [0.15, 0.2) is 12.2 Å². The van der Waals surface area contributed by atoms with Gasteiger partial charge >= 0.3 is 0 Å². The predicted molar refractivity (Wildman–Crippen MR) is 72.3 cm³/mol. The molecule has 2 aromatic heterocycles. The van der Waals surface area contributed by atoms with Gasteiger partial charge in [-0.3, -0.25) is 0 Å². The molecule has 0 aliphatic rings. The molecule has 0 spiro atoms. The van der Waals surface area contributed by atoms with Crippen molar-refractivity contribution in [3.63, 3.8) is 0 Å². The van der Waals surface area contributed by atoms with Crippen LogP contribution in [-0.4, -0.2) is 9.97 Å². The highest BCUT2D eigenvalue weighted by atomic mass is 32.1. The second-order valence-electron chi connectivity index (χ2n) is 3.74. The lowest BCUT2D eigenvalue weighted by molar-refractivity contribution is 0.572. The molecule has 0 saturated heterocycles. The van der Waals surface area contributed by atoms with E-state index in [0.717, 1.165) is 22.0 Å². The molecule has 5 nitrogen and oxygen atoms in total. The van der Waals surface area contributed by atoms with Crippen LogP contribution in [-0.2, 0) is 6.54 Å². The van der Waals surface area contributed by atoms with Crippen LogP contribution in [0.1, 0.15) is 5.01 Å². The molecular formula is C13H10N4OS. The summed E-state index contributed by atoms with van der Waals surface area (Å²) in [4.78, 5) is 8.03.